The zero-order valence-electron chi connectivity index (χ0n) is 13.3. The molecule has 0 saturated carbocycles. The van der Waals surface area contributed by atoms with Gasteiger partial charge in [0.15, 0.2) is 0 Å². The van der Waals surface area contributed by atoms with Crippen LogP contribution in [0.3, 0.4) is 0 Å². The predicted octanol–water partition coefficient (Wildman–Crippen LogP) is 0.390. The average Bonchev–Trinajstić information content (AvgIpc) is 2.56. The normalized spacial score (nSPS) is 12.1. The molecule has 128 valence electrons. The fourth-order valence-electron chi connectivity index (χ4n) is 2.09. The maximum Gasteiger partial charge on any atom is 0.320 e. The number of nitrogens with two attached hydrogens (primary N) is 2. The first-order valence-electron chi connectivity index (χ1n) is 7.31. The number of carboxylic acids is 1. The van der Waals surface area contributed by atoms with Crippen molar-refractivity contribution in [1.29, 1.82) is 0 Å². The average molecular weight is 348 g/mol. The summed E-state index contributed by atoms with van der Waals surface area (Å²) in [5.41, 5.74) is 11.5. The predicted molar refractivity (Wildman–Crippen MR) is 90.9 cm³/mol. The van der Waals surface area contributed by atoms with Crippen molar-refractivity contribution in [1.82, 2.24) is 20.4 Å². The molecule has 0 bridgehead atoms. The third kappa shape index (κ3) is 4.96. The van der Waals surface area contributed by atoms with Crippen LogP contribution in [-0.4, -0.2) is 32.1 Å². The van der Waals surface area contributed by atoms with Crippen molar-refractivity contribution >= 4 is 17.7 Å². The fraction of sp³-hybridized carbons (Fsp3) is 0.333. The Morgan fingerprint density at radius 3 is 2.83 bits per heavy atom. The van der Waals surface area contributed by atoms with Crippen LogP contribution in [0.2, 0.25) is 0 Å². The molecule has 0 amide bonds. The molecule has 0 aliphatic heterocycles. The quantitative estimate of drug-likeness (QED) is 0.231. The number of pyridine rings is 1. The fourth-order valence-corrected chi connectivity index (χ4v) is 3.05. The number of carboxylic acid groups (broad SMARTS) is 1. The van der Waals surface area contributed by atoms with Crippen molar-refractivity contribution in [3.8, 4) is 0 Å². The second-order valence-corrected chi connectivity index (χ2v) is 6.15. The van der Waals surface area contributed by atoms with Gasteiger partial charge >= 0.3 is 5.97 Å². The topological polar surface area (TPSA) is 140 Å². The summed E-state index contributed by atoms with van der Waals surface area (Å²) in [4.78, 5) is 23.8. The van der Waals surface area contributed by atoms with Gasteiger partial charge in [0.1, 0.15) is 17.4 Å². The largest absolute Gasteiger partial charge is 0.480 e. The minimum absolute atomic E-state index is 0.197. The Hall–Kier alpha value is -2.07. The second kappa shape index (κ2) is 8.69. The van der Waals surface area contributed by atoms with Crippen molar-refractivity contribution in [3.63, 3.8) is 0 Å². The van der Waals surface area contributed by atoms with Crippen LogP contribution in [0.1, 0.15) is 22.6 Å². The van der Waals surface area contributed by atoms with Gasteiger partial charge in [0.25, 0.3) is 0 Å². The highest BCUT2D eigenvalue weighted by molar-refractivity contribution is 7.98. The highest BCUT2D eigenvalue weighted by atomic mass is 32.2. The Labute approximate surface area is 144 Å². The van der Waals surface area contributed by atoms with Crippen molar-refractivity contribution in [2.45, 2.75) is 36.7 Å². The van der Waals surface area contributed by atoms with Crippen LogP contribution in [-0.2, 0) is 23.5 Å². The number of carbonyl (C=O) groups is 1. The van der Waals surface area contributed by atoms with Crippen molar-refractivity contribution in [3.05, 3.63) is 47.2 Å². The van der Waals surface area contributed by atoms with E-state index in [1.807, 2.05) is 19.1 Å². The number of aromatic nitrogens is 3. The summed E-state index contributed by atoms with van der Waals surface area (Å²) < 4.78 is 0. The maximum atomic E-state index is 10.8. The van der Waals surface area contributed by atoms with Crippen LogP contribution in [0.5, 0.6) is 0 Å². The van der Waals surface area contributed by atoms with E-state index in [9.17, 15) is 4.79 Å². The van der Waals surface area contributed by atoms with Crippen molar-refractivity contribution < 1.29 is 9.90 Å². The molecule has 9 heteroatoms. The Balaban J connectivity index is 2.07. The highest BCUT2D eigenvalue weighted by Crippen LogP contribution is 2.24. The molecule has 0 aliphatic carbocycles. The van der Waals surface area contributed by atoms with Crippen molar-refractivity contribution in [2.75, 3.05) is 0 Å². The summed E-state index contributed by atoms with van der Waals surface area (Å²) in [6, 6.07) is 4.56. The molecule has 1 atom stereocenters. The van der Waals surface area contributed by atoms with Gasteiger partial charge in [-0.3, -0.25) is 21.0 Å². The van der Waals surface area contributed by atoms with Crippen LogP contribution in [0.4, 0.5) is 0 Å². The van der Waals surface area contributed by atoms with E-state index >= 15 is 0 Å². The summed E-state index contributed by atoms with van der Waals surface area (Å²) >= 11 is 1.53. The zero-order valence-corrected chi connectivity index (χ0v) is 14.1. The number of aryl methyl sites for hydroxylation is 1. The number of hydrazine groups is 1. The summed E-state index contributed by atoms with van der Waals surface area (Å²) in [6.07, 6.45) is 1.72. The van der Waals surface area contributed by atoms with E-state index < -0.39 is 12.0 Å². The molecule has 2 rings (SSSR count). The van der Waals surface area contributed by atoms with Crippen LogP contribution in [0, 0.1) is 6.92 Å². The Morgan fingerprint density at radius 1 is 1.38 bits per heavy atom. The van der Waals surface area contributed by atoms with E-state index in [-0.39, 0.29) is 6.42 Å². The molecule has 2 heterocycles. The van der Waals surface area contributed by atoms with Gasteiger partial charge in [0, 0.05) is 35.7 Å². The van der Waals surface area contributed by atoms with Gasteiger partial charge in [-0.05, 0) is 19.1 Å². The first-order valence-corrected chi connectivity index (χ1v) is 8.29. The van der Waals surface area contributed by atoms with Gasteiger partial charge in [-0.15, -0.1) is 0 Å². The second-order valence-electron chi connectivity index (χ2n) is 5.18. The van der Waals surface area contributed by atoms with Gasteiger partial charge in [0.2, 0.25) is 0 Å². The van der Waals surface area contributed by atoms with Gasteiger partial charge in [-0.25, -0.2) is 9.97 Å². The van der Waals surface area contributed by atoms with Crippen molar-refractivity contribution in [2.24, 2.45) is 11.6 Å². The van der Waals surface area contributed by atoms with Gasteiger partial charge in [-0.2, -0.15) is 0 Å². The zero-order chi connectivity index (χ0) is 17.5. The summed E-state index contributed by atoms with van der Waals surface area (Å²) in [7, 11) is 0. The molecule has 24 heavy (non-hydrogen) atoms. The lowest BCUT2D eigenvalue weighted by Crippen LogP contribution is -2.32. The first-order chi connectivity index (χ1) is 11.5. The monoisotopic (exact) mass is 348 g/mol. The number of aliphatic carboxylic acids is 1. The van der Waals surface area contributed by atoms with Gasteiger partial charge in [0.05, 0.1) is 5.69 Å². The maximum absolute atomic E-state index is 10.8. The number of rotatable bonds is 8. The molecule has 0 radical (unpaired) electrons. The van der Waals surface area contributed by atoms with Gasteiger partial charge < -0.3 is 10.8 Å². The van der Waals surface area contributed by atoms with E-state index in [0.717, 1.165) is 22.0 Å². The molecule has 2 aromatic rings. The SMILES string of the molecule is Cc1ncnc(SCc2cccc(CC(N)C(=O)O)n2)c1CNN. The lowest BCUT2D eigenvalue weighted by molar-refractivity contribution is -0.138. The highest BCUT2D eigenvalue weighted by Gasteiger charge is 2.14. The number of nitrogens with one attached hydrogen (secondary N) is 1. The van der Waals surface area contributed by atoms with E-state index in [1.54, 1.807) is 6.07 Å². The molecule has 0 aromatic carbocycles. The van der Waals surface area contributed by atoms with Crippen LogP contribution in [0.15, 0.2) is 29.6 Å². The van der Waals surface area contributed by atoms with Crippen LogP contribution < -0.4 is 17.0 Å². The number of thioether (sulfide) groups is 1. The first kappa shape index (κ1) is 18.3. The summed E-state index contributed by atoms with van der Waals surface area (Å²) in [5, 5.41) is 9.73. The van der Waals surface area contributed by atoms with Crippen LogP contribution in [0.25, 0.3) is 0 Å². The minimum Gasteiger partial charge on any atom is -0.480 e. The lowest BCUT2D eigenvalue weighted by atomic mass is 10.1. The molecule has 0 spiro atoms. The molecule has 0 saturated heterocycles. The van der Waals surface area contributed by atoms with Gasteiger partial charge in [-0.1, -0.05) is 17.8 Å². The molecule has 0 fully saturated rings. The molecule has 8 nitrogen and oxygen atoms in total. The molecule has 6 N–H and O–H groups in total. The molecular weight excluding hydrogens is 328 g/mol. The number of hydrogen-bond acceptors (Lipinski definition) is 8. The van der Waals surface area contributed by atoms with E-state index in [2.05, 4.69) is 20.4 Å². The summed E-state index contributed by atoms with van der Waals surface area (Å²) in [5.74, 6) is 4.98. The number of hydrogen-bond donors (Lipinski definition) is 4. The Morgan fingerprint density at radius 2 is 2.12 bits per heavy atom. The smallest absolute Gasteiger partial charge is 0.320 e. The third-order valence-corrected chi connectivity index (χ3v) is 4.43. The molecule has 0 aliphatic rings. The Bertz CT molecular complexity index is 712. The van der Waals surface area contributed by atoms with E-state index in [0.29, 0.717) is 18.0 Å². The standard InChI is InChI=1S/C15H20N6O2S/c1-9-12(6-20-17)14(19-8-18-9)24-7-11-4-2-3-10(21-11)5-13(16)15(22)23/h2-4,8,13,20H,5-7,16-17H2,1H3,(H,22,23). The summed E-state index contributed by atoms with van der Waals surface area (Å²) in [6.45, 7) is 2.39. The molecule has 1 unspecified atom stereocenters. The Kier molecular flexibility index (Phi) is 6.62. The third-order valence-electron chi connectivity index (χ3n) is 3.37. The van der Waals surface area contributed by atoms with Crippen LogP contribution >= 0.6 is 11.8 Å². The van der Waals surface area contributed by atoms with E-state index in [1.165, 1.54) is 18.1 Å². The lowest BCUT2D eigenvalue weighted by Gasteiger charge is -2.10. The van der Waals surface area contributed by atoms with E-state index in [4.69, 9.17) is 16.7 Å². The molecular formula is C15H20N6O2S. The number of nitrogens with zero attached hydrogens (tertiary/aromatic N) is 3. The minimum atomic E-state index is -1.04. The molecule has 2 aromatic heterocycles.